The first-order valence-corrected chi connectivity index (χ1v) is 8.78. The molecule has 3 nitrogen and oxygen atoms in total. The SMILES string of the molecule is CCC(N)C(c1cccs1)N(C)CC1CCCN1CC. The fraction of sp³-hybridized carbons (Fsp3) is 0.750. The fourth-order valence-corrected chi connectivity index (χ4v) is 4.37. The average molecular weight is 295 g/mol. The lowest BCUT2D eigenvalue weighted by Crippen LogP contribution is -2.44. The third-order valence-electron chi connectivity index (χ3n) is 4.59. The van der Waals surface area contributed by atoms with Gasteiger partial charge in [-0.2, -0.15) is 0 Å². The fourth-order valence-electron chi connectivity index (χ4n) is 3.40. The van der Waals surface area contributed by atoms with Crippen molar-refractivity contribution in [2.75, 3.05) is 26.7 Å². The van der Waals surface area contributed by atoms with Crippen molar-refractivity contribution in [2.45, 2.75) is 51.2 Å². The van der Waals surface area contributed by atoms with E-state index in [1.165, 1.54) is 30.8 Å². The zero-order valence-corrected chi connectivity index (χ0v) is 13.9. The van der Waals surface area contributed by atoms with E-state index in [9.17, 15) is 0 Å². The van der Waals surface area contributed by atoms with Gasteiger partial charge in [-0.15, -0.1) is 11.3 Å². The summed E-state index contributed by atoms with van der Waals surface area (Å²) >= 11 is 1.83. The van der Waals surface area contributed by atoms with Gasteiger partial charge in [-0.05, 0) is 50.8 Å². The lowest BCUT2D eigenvalue weighted by Gasteiger charge is -2.35. The number of rotatable bonds is 7. The van der Waals surface area contributed by atoms with Crippen LogP contribution in [0.1, 0.15) is 44.0 Å². The summed E-state index contributed by atoms with van der Waals surface area (Å²) in [5.41, 5.74) is 6.40. The van der Waals surface area contributed by atoms with Gasteiger partial charge in [-0.1, -0.05) is 19.9 Å². The third kappa shape index (κ3) is 3.61. The van der Waals surface area contributed by atoms with E-state index in [1.807, 2.05) is 11.3 Å². The van der Waals surface area contributed by atoms with Crippen LogP contribution in [0.4, 0.5) is 0 Å². The number of hydrogen-bond acceptors (Lipinski definition) is 4. The minimum absolute atomic E-state index is 0.218. The van der Waals surface area contributed by atoms with E-state index >= 15 is 0 Å². The van der Waals surface area contributed by atoms with Crippen LogP contribution < -0.4 is 5.73 Å². The van der Waals surface area contributed by atoms with Gasteiger partial charge in [0.05, 0.1) is 6.04 Å². The summed E-state index contributed by atoms with van der Waals surface area (Å²) in [7, 11) is 2.24. The standard InChI is InChI=1S/C16H29N3S/c1-4-14(17)16(15-9-7-11-20-15)18(3)12-13-8-6-10-19(13)5-2/h7,9,11,13-14,16H,4-6,8,10,12,17H2,1-3H3. The van der Waals surface area contributed by atoms with Crippen LogP contribution in [0.3, 0.4) is 0 Å². The predicted octanol–water partition coefficient (Wildman–Crippen LogP) is 2.94. The number of likely N-dealkylation sites (tertiary alicyclic amines) is 1. The molecule has 0 aromatic carbocycles. The molecule has 2 rings (SSSR count). The van der Waals surface area contributed by atoms with Crippen LogP contribution in [0.2, 0.25) is 0 Å². The number of nitrogens with two attached hydrogens (primary N) is 1. The molecule has 1 saturated heterocycles. The number of thiophene rings is 1. The van der Waals surface area contributed by atoms with Crippen molar-refractivity contribution in [3.05, 3.63) is 22.4 Å². The zero-order chi connectivity index (χ0) is 14.5. The van der Waals surface area contributed by atoms with Crippen molar-refractivity contribution in [1.29, 1.82) is 0 Å². The Balaban J connectivity index is 2.05. The van der Waals surface area contributed by atoms with E-state index < -0.39 is 0 Å². The van der Waals surface area contributed by atoms with Gasteiger partial charge in [-0.3, -0.25) is 9.80 Å². The lowest BCUT2D eigenvalue weighted by molar-refractivity contribution is 0.149. The molecule has 0 aliphatic carbocycles. The molecule has 1 aromatic rings. The second-order valence-corrected chi connectivity index (χ2v) is 6.88. The van der Waals surface area contributed by atoms with Crippen molar-refractivity contribution in [1.82, 2.24) is 9.80 Å². The maximum atomic E-state index is 6.40. The summed E-state index contributed by atoms with van der Waals surface area (Å²) in [6.07, 6.45) is 3.70. The van der Waals surface area contributed by atoms with Gasteiger partial charge < -0.3 is 5.73 Å². The Bertz CT molecular complexity index is 379. The molecular weight excluding hydrogens is 266 g/mol. The maximum absolute atomic E-state index is 6.40. The molecule has 0 spiro atoms. The van der Waals surface area contributed by atoms with E-state index in [0.29, 0.717) is 12.1 Å². The Kier molecular flexibility index (Phi) is 6.02. The minimum atomic E-state index is 0.218. The molecule has 2 heterocycles. The molecule has 1 aromatic heterocycles. The highest BCUT2D eigenvalue weighted by Crippen LogP contribution is 2.29. The normalized spacial score (nSPS) is 23.4. The number of hydrogen-bond donors (Lipinski definition) is 1. The average Bonchev–Trinajstić information content (AvgIpc) is 3.10. The summed E-state index contributed by atoms with van der Waals surface area (Å²) < 4.78 is 0. The van der Waals surface area contributed by atoms with Crippen LogP contribution in [-0.2, 0) is 0 Å². The van der Waals surface area contributed by atoms with Crippen molar-refractivity contribution < 1.29 is 0 Å². The van der Waals surface area contributed by atoms with Crippen LogP contribution >= 0.6 is 11.3 Å². The van der Waals surface area contributed by atoms with Crippen molar-refractivity contribution in [3.8, 4) is 0 Å². The van der Waals surface area contributed by atoms with Crippen LogP contribution in [0.5, 0.6) is 0 Å². The minimum Gasteiger partial charge on any atom is -0.326 e. The van der Waals surface area contributed by atoms with Crippen LogP contribution in [0, 0.1) is 0 Å². The Morgan fingerprint density at radius 2 is 2.30 bits per heavy atom. The summed E-state index contributed by atoms with van der Waals surface area (Å²) in [5.74, 6) is 0. The van der Waals surface area contributed by atoms with Crippen molar-refractivity contribution in [2.24, 2.45) is 5.73 Å². The molecule has 20 heavy (non-hydrogen) atoms. The molecule has 0 bridgehead atoms. The molecule has 1 aliphatic rings. The van der Waals surface area contributed by atoms with Gasteiger partial charge in [0.15, 0.2) is 0 Å². The predicted molar refractivity (Wildman–Crippen MR) is 88.2 cm³/mol. The molecule has 3 atom stereocenters. The van der Waals surface area contributed by atoms with Gasteiger partial charge in [0.25, 0.3) is 0 Å². The Hall–Kier alpha value is -0.420. The smallest absolute Gasteiger partial charge is 0.0591 e. The first-order chi connectivity index (χ1) is 9.67. The summed E-state index contributed by atoms with van der Waals surface area (Å²) in [4.78, 5) is 6.50. The van der Waals surface area contributed by atoms with E-state index in [-0.39, 0.29) is 6.04 Å². The second kappa shape index (κ2) is 7.55. The first-order valence-electron chi connectivity index (χ1n) is 7.90. The zero-order valence-electron chi connectivity index (χ0n) is 13.1. The summed E-state index contributed by atoms with van der Waals surface area (Å²) in [6, 6.07) is 5.65. The van der Waals surface area contributed by atoms with Gasteiger partial charge in [0, 0.05) is 23.5 Å². The largest absolute Gasteiger partial charge is 0.326 e. The molecule has 4 heteroatoms. The maximum Gasteiger partial charge on any atom is 0.0591 e. The first kappa shape index (κ1) is 16.0. The second-order valence-electron chi connectivity index (χ2n) is 5.90. The van der Waals surface area contributed by atoms with E-state index in [4.69, 9.17) is 5.73 Å². The molecule has 0 radical (unpaired) electrons. The van der Waals surface area contributed by atoms with E-state index in [0.717, 1.165) is 13.0 Å². The van der Waals surface area contributed by atoms with Crippen LogP contribution in [-0.4, -0.2) is 48.6 Å². The Labute approximate surface area is 127 Å². The quantitative estimate of drug-likeness (QED) is 0.839. The van der Waals surface area contributed by atoms with Gasteiger partial charge in [0.1, 0.15) is 0 Å². The molecular formula is C16H29N3S. The van der Waals surface area contributed by atoms with Crippen molar-refractivity contribution in [3.63, 3.8) is 0 Å². The molecule has 2 N–H and O–H groups in total. The van der Waals surface area contributed by atoms with Crippen LogP contribution in [0.25, 0.3) is 0 Å². The summed E-state index contributed by atoms with van der Waals surface area (Å²) in [5, 5.41) is 2.16. The number of nitrogens with zero attached hydrogens (tertiary/aromatic N) is 2. The molecule has 0 amide bonds. The van der Waals surface area contributed by atoms with E-state index in [2.05, 4.69) is 48.2 Å². The lowest BCUT2D eigenvalue weighted by atomic mass is 10.0. The van der Waals surface area contributed by atoms with Crippen molar-refractivity contribution >= 4 is 11.3 Å². The molecule has 3 unspecified atom stereocenters. The monoisotopic (exact) mass is 295 g/mol. The molecule has 1 fully saturated rings. The highest BCUT2D eigenvalue weighted by molar-refractivity contribution is 7.10. The Morgan fingerprint density at radius 3 is 2.90 bits per heavy atom. The number of likely N-dealkylation sites (N-methyl/N-ethyl adjacent to an activating group) is 2. The summed E-state index contributed by atoms with van der Waals surface area (Å²) in [6.45, 7) is 8.02. The molecule has 114 valence electrons. The van der Waals surface area contributed by atoms with E-state index in [1.54, 1.807) is 0 Å². The van der Waals surface area contributed by atoms with Crippen LogP contribution in [0.15, 0.2) is 17.5 Å². The highest BCUT2D eigenvalue weighted by Gasteiger charge is 2.29. The van der Waals surface area contributed by atoms with Gasteiger partial charge in [0.2, 0.25) is 0 Å². The van der Waals surface area contributed by atoms with Gasteiger partial charge in [-0.25, -0.2) is 0 Å². The van der Waals surface area contributed by atoms with Gasteiger partial charge >= 0.3 is 0 Å². The highest BCUT2D eigenvalue weighted by atomic mass is 32.1. The third-order valence-corrected chi connectivity index (χ3v) is 5.53. The molecule has 0 saturated carbocycles. The Morgan fingerprint density at radius 1 is 1.50 bits per heavy atom. The molecule has 1 aliphatic heterocycles. The topological polar surface area (TPSA) is 32.5 Å².